The van der Waals surface area contributed by atoms with Crippen LogP contribution < -0.4 is 0 Å². The van der Waals surface area contributed by atoms with Gasteiger partial charge in [-0.05, 0) is 25.7 Å². The summed E-state index contributed by atoms with van der Waals surface area (Å²) in [6.07, 6.45) is 47.4. The first-order valence-corrected chi connectivity index (χ1v) is 32.2. The monoisotopic (exact) mass is 1090 g/mol. The second-order valence-electron chi connectivity index (χ2n) is 17.7. The van der Waals surface area contributed by atoms with Gasteiger partial charge in [0.2, 0.25) is 0 Å². The third kappa shape index (κ3) is 94.9. The molecule has 0 fully saturated rings. The summed E-state index contributed by atoms with van der Waals surface area (Å²) in [6, 6.07) is 0. The van der Waals surface area contributed by atoms with Gasteiger partial charge in [-0.3, -0.25) is 18.2 Å². The molecule has 0 aromatic rings. The second kappa shape index (κ2) is 59.4. The summed E-state index contributed by atoms with van der Waals surface area (Å²) in [4.78, 5) is 0. The van der Waals surface area contributed by atoms with E-state index < -0.39 is 41.6 Å². The Balaban J connectivity index is -0.000000263. The molecule has 0 heterocycles. The quantitative estimate of drug-likeness (QED) is 0.0251. The molecule has 0 bridgehead atoms. The van der Waals surface area contributed by atoms with Crippen molar-refractivity contribution in [2.24, 2.45) is 0 Å². The molecule has 0 aromatic heterocycles. The van der Waals surface area contributed by atoms with E-state index in [1.807, 2.05) is 0 Å². The van der Waals surface area contributed by atoms with E-state index in [4.69, 9.17) is 18.2 Å². The average molecular weight is 1090 g/mol. The minimum atomic E-state index is -4.23. The van der Waals surface area contributed by atoms with Gasteiger partial charge in [-0.25, -0.2) is 16.7 Å². The Bertz CT molecular complexity index is 1220. The van der Waals surface area contributed by atoms with Crippen molar-refractivity contribution in [2.45, 2.75) is 285 Å². The van der Waals surface area contributed by atoms with Crippen LogP contribution in [0, 0.1) is 0 Å². The van der Waals surface area contributed by atoms with E-state index in [9.17, 15) is 33.7 Å². The third-order valence-electron chi connectivity index (χ3n) is 10.9. The zero-order valence-corrected chi connectivity index (χ0v) is 46.7. The summed E-state index contributed by atoms with van der Waals surface area (Å²) in [5.41, 5.74) is 0. The molecule has 0 aliphatic rings. The van der Waals surface area contributed by atoms with E-state index in [0.29, 0.717) is 25.7 Å². The molecule has 4 N–H and O–H groups in total. The van der Waals surface area contributed by atoms with Crippen LogP contribution in [-0.4, -0.2) is 108 Å². The number of hydrogen-bond donors (Lipinski definition) is 4. The van der Waals surface area contributed by atoms with Crippen LogP contribution in [0.2, 0.25) is 0 Å². The molecule has 0 rings (SSSR count). The van der Waals surface area contributed by atoms with Gasteiger partial charge in [0.25, 0.3) is 0 Å². The van der Waals surface area contributed by atoms with Gasteiger partial charge in [-0.1, -0.05) is 259 Å². The summed E-state index contributed by atoms with van der Waals surface area (Å²) in [5, 5.41) is 0. The summed E-state index contributed by atoms with van der Waals surface area (Å²) in [7, 11) is -16.9. The molecule has 0 radical (unpaired) electrons. The van der Waals surface area contributed by atoms with Gasteiger partial charge in [-0.15, -0.1) is 0 Å². The van der Waals surface area contributed by atoms with Crippen molar-refractivity contribution in [3.63, 3.8) is 0 Å². The molecular weight excluding hydrogens is 984 g/mol. The Kier molecular flexibility index (Phi) is 67.4. The molecule has 0 aromatic carbocycles. The van der Waals surface area contributed by atoms with Crippen molar-refractivity contribution in [3.8, 4) is 0 Å². The van der Waals surface area contributed by atoms with Crippen molar-refractivity contribution in [2.75, 3.05) is 26.4 Å². The summed E-state index contributed by atoms with van der Waals surface area (Å²) >= 11 is 0. The minimum absolute atomic E-state index is 0. The maximum absolute atomic E-state index is 10.2. The topological polar surface area (TPSA) is 254 Å². The van der Waals surface area contributed by atoms with E-state index in [0.717, 1.165) is 51.4 Å². The van der Waals surface area contributed by atoms with Crippen LogP contribution in [0.15, 0.2) is 0 Å². The SMILES string of the molecule is CCCCCCCCCCCCOS(=O)(=O)O.CCCCCCCCCCCCOS(=O)(=O)O.CCCCCCCCCCCCOS(=O)(=O)O.CCCCCCCCCCCCOS(=O)(=O)O.[NaH]. The van der Waals surface area contributed by atoms with Crippen molar-refractivity contribution in [1.29, 1.82) is 0 Å². The molecule has 0 atom stereocenters. The number of unbranched alkanes of at least 4 members (excludes halogenated alkanes) is 36. The van der Waals surface area contributed by atoms with Gasteiger partial charge >= 0.3 is 71.2 Å². The zero-order valence-electron chi connectivity index (χ0n) is 43.4. The average Bonchev–Trinajstić information content (AvgIpc) is 3.25. The van der Waals surface area contributed by atoms with E-state index in [-0.39, 0.29) is 56.0 Å². The van der Waals surface area contributed by atoms with Crippen LogP contribution >= 0.6 is 0 Å². The van der Waals surface area contributed by atoms with Crippen LogP contribution in [0.3, 0.4) is 0 Å². The fraction of sp³-hybridized carbons (Fsp3) is 1.00. The molecule has 0 unspecified atom stereocenters. The molecule has 0 spiro atoms. The first-order chi connectivity index (χ1) is 32.2. The van der Waals surface area contributed by atoms with Gasteiger partial charge in [0, 0.05) is 0 Å². The molecule has 0 saturated carbocycles. The fourth-order valence-electron chi connectivity index (χ4n) is 7.01. The molecule has 0 aliphatic carbocycles. The standard InChI is InChI=1S/4C12H26O4S.Na.H/c4*1-2-3-4-5-6-7-8-9-10-11-12-16-17(13,14)15;;/h4*2-12H2,1H3,(H,13,14,15);;. The van der Waals surface area contributed by atoms with Crippen molar-refractivity contribution >= 4 is 71.2 Å². The Morgan fingerprint density at radius 2 is 0.319 bits per heavy atom. The molecule has 69 heavy (non-hydrogen) atoms. The molecule has 0 aliphatic heterocycles. The molecule has 0 saturated heterocycles. The third-order valence-corrected chi connectivity index (χ3v) is 12.8. The molecule has 0 amide bonds. The molecule has 16 nitrogen and oxygen atoms in total. The first kappa shape index (κ1) is 78.4. The maximum atomic E-state index is 10.2. The number of rotatable bonds is 48. The van der Waals surface area contributed by atoms with Crippen LogP contribution in [0.5, 0.6) is 0 Å². The molecule has 418 valence electrons. The van der Waals surface area contributed by atoms with Gasteiger partial charge in [0.05, 0.1) is 26.4 Å². The Morgan fingerprint density at radius 1 is 0.217 bits per heavy atom. The fourth-order valence-corrected chi connectivity index (χ4v) is 8.33. The summed E-state index contributed by atoms with van der Waals surface area (Å²) < 4.78 is 132. The zero-order chi connectivity index (χ0) is 51.9. The predicted molar refractivity (Wildman–Crippen MR) is 285 cm³/mol. The number of hydrogen-bond acceptors (Lipinski definition) is 12. The van der Waals surface area contributed by atoms with Crippen LogP contribution in [0.1, 0.15) is 285 Å². The van der Waals surface area contributed by atoms with Gasteiger partial charge in [-0.2, -0.15) is 33.7 Å². The first-order valence-electron chi connectivity index (χ1n) is 26.7. The molecule has 21 heteroatoms. The van der Waals surface area contributed by atoms with Crippen molar-refractivity contribution in [3.05, 3.63) is 0 Å². The van der Waals surface area contributed by atoms with Crippen LogP contribution in [0.4, 0.5) is 0 Å². The van der Waals surface area contributed by atoms with Gasteiger partial charge in [0.1, 0.15) is 0 Å². The van der Waals surface area contributed by atoms with Gasteiger partial charge < -0.3 is 0 Å². The van der Waals surface area contributed by atoms with Crippen molar-refractivity contribution in [1.82, 2.24) is 0 Å². The molecular formula is C48H105NaO16S4. The predicted octanol–water partition coefficient (Wildman–Crippen LogP) is 14.3. The van der Waals surface area contributed by atoms with E-state index in [1.54, 1.807) is 0 Å². The Morgan fingerprint density at radius 3 is 0.420 bits per heavy atom. The van der Waals surface area contributed by atoms with Crippen LogP contribution in [0.25, 0.3) is 0 Å². The normalized spacial score (nSPS) is 11.7. The Hall–Kier alpha value is 0.480. The van der Waals surface area contributed by atoms with Crippen LogP contribution in [-0.2, 0) is 58.3 Å². The second-order valence-corrected chi connectivity index (χ2v) is 22.1. The van der Waals surface area contributed by atoms with E-state index in [1.165, 1.54) is 180 Å². The Labute approximate surface area is 447 Å². The summed E-state index contributed by atoms with van der Waals surface area (Å²) in [5.74, 6) is 0. The van der Waals surface area contributed by atoms with Crippen molar-refractivity contribution < 1.29 is 68.6 Å². The van der Waals surface area contributed by atoms with E-state index in [2.05, 4.69) is 44.4 Å². The summed E-state index contributed by atoms with van der Waals surface area (Å²) in [6.45, 7) is 9.24. The van der Waals surface area contributed by atoms with Gasteiger partial charge in [0.15, 0.2) is 0 Å². The van der Waals surface area contributed by atoms with E-state index >= 15 is 0 Å².